The average Bonchev–Trinajstić information content (AvgIpc) is 3.50. The first-order chi connectivity index (χ1) is 13.9. The van der Waals surface area contributed by atoms with Crippen molar-refractivity contribution in [3.63, 3.8) is 0 Å². The highest BCUT2D eigenvalue weighted by atomic mass is 16.4. The number of carboxylic acid groups (broad SMARTS) is 1. The number of carbonyl (C=O) groups excluding carboxylic acids is 2. The number of hydrogen-bond donors (Lipinski definition) is 3. The zero-order valence-corrected chi connectivity index (χ0v) is 16.4. The molecule has 0 saturated heterocycles. The Morgan fingerprint density at radius 2 is 1.69 bits per heavy atom. The van der Waals surface area contributed by atoms with E-state index >= 15 is 0 Å². The molecule has 0 atom stereocenters. The Morgan fingerprint density at radius 1 is 1.00 bits per heavy atom. The van der Waals surface area contributed by atoms with Gasteiger partial charge in [0, 0.05) is 37.3 Å². The first-order valence-corrected chi connectivity index (χ1v) is 9.65. The van der Waals surface area contributed by atoms with Crippen LogP contribution in [-0.4, -0.2) is 34.0 Å². The summed E-state index contributed by atoms with van der Waals surface area (Å²) in [7, 11) is 0. The third-order valence-electron chi connectivity index (χ3n) is 4.77. The van der Waals surface area contributed by atoms with Gasteiger partial charge in [-0.15, -0.1) is 0 Å². The maximum Gasteiger partial charge on any atom is 0.323 e. The summed E-state index contributed by atoms with van der Waals surface area (Å²) in [4.78, 5) is 36.6. The molecule has 0 aliphatic heterocycles. The largest absolute Gasteiger partial charge is 0.481 e. The minimum atomic E-state index is -0.854. The van der Waals surface area contributed by atoms with Gasteiger partial charge in [0.2, 0.25) is 5.91 Å². The number of carboxylic acids is 1. The van der Waals surface area contributed by atoms with E-state index in [1.165, 1.54) is 0 Å². The number of carbonyl (C=O) groups is 3. The molecule has 0 spiro atoms. The van der Waals surface area contributed by atoms with Crippen molar-refractivity contribution in [1.29, 1.82) is 0 Å². The fourth-order valence-electron chi connectivity index (χ4n) is 3.12. The van der Waals surface area contributed by atoms with Crippen LogP contribution < -0.4 is 10.6 Å². The number of amides is 3. The van der Waals surface area contributed by atoms with Crippen molar-refractivity contribution in [2.45, 2.75) is 45.2 Å². The highest BCUT2D eigenvalue weighted by Gasteiger charge is 2.30. The quantitative estimate of drug-likeness (QED) is 0.632. The second-order valence-electron chi connectivity index (χ2n) is 7.25. The van der Waals surface area contributed by atoms with Crippen molar-refractivity contribution in [3.05, 3.63) is 59.7 Å². The van der Waals surface area contributed by atoms with E-state index in [0.717, 1.165) is 24.0 Å². The molecule has 1 saturated carbocycles. The predicted octanol–water partition coefficient (Wildman–Crippen LogP) is 3.86. The van der Waals surface area contributed by atoms with E-state index in [1.807, 2.05) is 35.2 Å². The molecule has 29 heavy (non-hydrogen) atoms. The zero-order valence-electron chi connectivity index (χ0n) is 16.4. The third-order valence-corrected chi connectivity index (χ3v) is 4.77. The maximum absolute atomic E-state index is 12.2. The molecule has 7 heteroatoms. The number of rotatable bonds is 8. The molecule has 2 aromatic carbocycles. The second kappa shape index (κ2) is 9.23. The minimum Gasteiger partial charge on any atom is -0.481 e. The number of benzene rings is 2. The normalized spacial score (nSPS) is 12.9. The Labute approximate surface area is 169 Å². The lowest BCUT2D eigenvalue weighted by molar-refractivity contribution is -0.137. The van der Waals surface area contributed by atoms with E-state index < -0.39 is 5.97 Å². The Bertz CT molecular complexity index is 891. The first kappa shape index (κ1) is 20.4. The van der Waals surface area contributed by atoms with Crippen LogP contribution >= 0.6 is 0 Å². The Kier molecular flexibility index (Phi) is 6.49. The van der Waals surface area contributed by atoms with E-state index in [9.17, 15) is 14.4 Å². The number of nitrogens with zero attached hydrogens (tertiary/aromatic N) is 1. The summed E-state index contributed by atoms with van der Waals surface area (Å²) < 4.78 is 0. The molecule has 0 heterocycles. The van der Waals surface area contributed by atoms with Crippen LogP contribution in [0.4, 0.5) is 16.2 Å². The molecule has 0 aromatic heterocycles. The molecule has 1 fully saturated rings. The summed E-state index contributed by atoms with van der Waals surface area (Å²) in [5.74, 6) is -0.771. The number of anilines is 2. The van der Waals surface area contributed by atoms with Gasteiger partial charge in [-0.3, -0.25) is 9.59 Å². The molecule has 7 nitrogen and oxygen atoms in total. The molecule has 0 bridgehead atoms. The molecule has 0 unspecified atom stereocenters. The van der Waals surface area contributed by atoms with Gasteiger partial charge in [-0.05, 0) is 54.7 Å². The van der Waals surface area contributed by atoms with Gasteiger partial charge >= 0.3 is 12.0 Å². The zero-order chi connectivity index (χ0) is 20.8. The molecule has 152 valence electrons. The highest BCUT2D eigenvalue weighted by Crippen LogP contribution is 2.28. The predicted molar refractivity (Wildman–Crippen MR) is 111 cm³/mol. The van der Waals surface area contributed by atoms with Crippen LogP contribution in [0.25, 0.3) is 0 Å². The SMILES string of the molecule is CC(=O)N(Cc1ccc(NC(=O)Nc2cccc(CCC(=O)O)c2)cc1)C1CC1. The van der Waals surface area contributed by atoms with Crippen LogP contribution in [0.3, 0.4) is 0 Å². The fraction of sp³-hybridized carbons (Fsp3) is 0.318. The van der Waals surface area contributed by atoms with Gasteiger partial charge < -0.3 is 20.6 Å². The molecule has 3 rings (SSSR count). The third kappa shape index (κ3) is 6.34. The summed E-state index contributed by atoms with van der Waals surface area (Å²) in [6.45, 7) is 2.17. The van der Waals surface area contributed by atoms with E-state index in [2.05, 4.69) is 10.6 Å². The summed E-state index contributed by atoms with van der Waals surface area (Å²) in [6.07, 6.45) is 2.59. The maximum atomic E-state index is 12.2. The lowest BCUT2D eigenvalue weighted by Gasteiger charge is -2.20. The lowest BCUT2D eigenvalue weighted by atomic mass is 10.1. The number of aryl methyl sites for hydroxylation is 1. The molecule has 3 N–H and O–H groups in total. The lowest BCUT2D eigenvalue weighted by Crippen LogP contribution is -2.30. The Hall–Kier alpha value is -3.35. The van der Waals surface area contributed by atoms with E-state index in [1.54, 1.807) is 25.1 Å². The standard InChI is InChI=1S/C22H25N3O4/c1-15(26)25(20-10-11-20)14-17-5-8-18(9-6-17)23-22(29)24-19-4-2-3-16(13-19)7-12-21(27)28/h2-6,8-9,13,20H,7,10-12,14H2,1H3,(H,27,28)(H2,23,24,29). The molecular weight excluding hydrogens is 370 g/mol. The number of hydrogen-bond acceptors (Lipinski definition) is 3. The monoisotopic (exact) mass is 395 g/mol. The second-order valence-corrected chi connectivity index (χ2v) is 7.25. The molecule has 3 amide bonds. The van der Waals surface area contributed by atoms with Crippen LogP contribution in [0, 0.1) is 0 Å². The van der Waals surface area contributed by atoms with E-state index in [4.69, 9.17) is 5.11 Å². The van der Waals surface area contributed by atoms with Gasteiger partial charge in [-0.1, -0.05) is 24.3 Å². The summed E-state index contributed by atoms with van der Waals surface area (Å²) in [5, 5.41) is 14.3. The van der Waals surface area contributed by atoms with Gasteiger partial charge in [0.05, 0.1) is 0 Å². The number of nitrogens with one attached hydrogen (secondary N) is 2. The van der Waals surface area contributed by atoms with Crippen molar-refractivity contribution in [3.8, 4) is 0 Å². The first-order valence-electron chi connectivity index (χ1n) is 9.65. The summed E-state index contributed by atoms with van der Waals surface area (Å²) >= 11 is 0. The smallest absolute Gasteiger partial charge is 0.323 e. The van der Waals surface area contributed by atoms with Crippen molar-refractivity contribution in [2.75, 3.05) is 10.6 Å². The molecular formula is C22H25N3O4. The number of urea groups is 1. The van der Waals surface area contributed by atoms with Crippen LogP contribution in [0.2, 0.25) is 0 Å². The fourth-order valence-corrected chi connectivity index (χ4v) is 3.12. The minimum absolute atomic E-state index is 0.0454. The average molecular weight is 395 g/mol. The van der Waals surface area contributed by atoms with Crippen LogP contribution in [-0.2, 0) is 22.6 Å². The van der Waals surface area contributed by atoms with Gasteiger partial charge in [0.15, 0.2) is 0 Å². The van der Waals surface area contributed by atoms with Crippen molar-refractivity contribution in [2.24, 2.45) is 0 Å². The van der Waals surface area contributed by atoms with Gasteiger partial charge in [-0.2, -0.15) is 0 Å². The van der Waals surface area contributed by atoms with Gasteiger partial charge in [0.1, 0.15) is 0 Å². The van der Waals surface area contributed by atoms with Crippen molar-refractivity contribution < 1.29 is 19.5 Å². The van der Waals surface area contributed by atoms with Crippen LogP contribution in [0.15, 0.2) is 48.5 Å². The summed E-state index contributed by atoms with van der Waals surface area (Å²) in [5.41, 5.74) is 3.11. The molecule has 1 aliphatic rings. The Morgan fingerprint density at radius 3 is 2.31 bits per heavy atom. The topological polar surface area (TPSA) is 98.7 Å². The molecule has 0 radical (unpaired) electrons. The van der Waals surface area contributed by atoms with E-state index in [0.29, 0.717) is 30.4 Å². The van der Waals surface area contributed by atoms with Crippen molar-refractivity contribution in [1.82, 2.24) is 4.90 Å². The summed E-state index contributed by atoms with van der Waals surface area (Å²) in [6, 6.07) is 14.5. The molecule has 1 aliphatic carbocycles. The van der Waals surface area contributed by atoms with Gasteiger partial charge in [0.25, 0.3) is 0 Å². The highest BCUT2D eigenvalue weighted by molar-refractivity contribution is 5.99. The number of aliphatic carboxylic acids is 1. The van der Waals surface area contributed by atoms with Crippen molar-refractivity contribution >= 4 is 29.3 Å². The molecule has 2 aromatic rings. The van der Waals surface area contributed by atoms with Crippen LogP contribution in [0.5, 0.6) is 0 Å². The van der Waals surface area contributed by atoms with Gasteiger partial charge in [-0.25, -0.2) is 4.79 Å². The van der Waals surface area contributed by atoms with E-state index in [-0.39, 0.29) is 18.4 Å². The Balaban J connectivity index is 1.53. The van der Waals surface area contributed by atoms with Crippen LogP contribution in [0.1, 0.15) is 37.3 Å².